The highest BCUT2D eigenvalue weighted by atomic mass is 35.5. The highest BCUT2D eigenvalue weighted by molar-refractivity contribution is 7.93. The first-order valence-electron chi connectivity index (χ1n) is 11.0. The molecule has 0 aliphatic carbocycles. The van der Waals surface area contributed by atoms with Crippen molar-refractivity contribution >= 4 is 44.8 Å². The number of rotatable bonds is 4. The zero-order valence-corrected chi connectivity index (χ0v) is 19.8. The largest absolute Gasteiger partial charge is 0.339 e. The van der Waals surface area contributed by atoms with E-state index < -0.39 is 22.5 Å². The van der Waals surface area contributed by atoms with Gasteiger partial charge in [-0.2, -0.15) is 0 Å². The number of carbonyl (C=O) groups is 2. The first kappa shape index (κ1) is 22.4. The van der Waals surface area contributed by atoms with Gasteiger partial charge in [-0.3, -0.25) is 13.9 Å². The molecule has 9 heteroatoms. The Hall–Kier alpha value is -3.36. The predicted molar refractivity (Wildman–Crippen MR) is 132 cm³/mol. The van der Waals surface area contributed by atoms with Crippen LogP contribution in [0.25, 0.3) is 11.1 Å². The number of sulfonamides is 1. The fourth-order valence-electron chi connectivity index (χ4n) is 4.46. The Labute approximate surface area is 203 Å². The van der Waals surface area contributed by atoms with E-state index in [1.54, 1.807) is 65.6 Å². The molecule has 1 fully saturated rings. The molecule has 174 valence electrons. The number of carbonyl (C=O) groups excluding carboxylic acids is 2. The molecule has 0 aromatic heterocycles. The first-order chi connectivity index (χ1) is 16.4. The van der Waals surface area contributed by atoms with Crippen molar-refractivity contribution in [1.82, 2.24) is 4.90 Å². The maximum absolute atomic E-state index is 13.4. The van der Waals surface area contributed by atoms with E-state index in [-0.39, 0.29) is 10.8 Å². The summed E-state index contributed by atoms with van der Waals surface area (Å²) in [6.45, 7) is 0.926. The van der Waals surface area contributed by atoms with Crippen molar-refractivity contribution in [3.63, 3.8) is 0 Å². The van der Waals surface area contributed by atoms with Crippen LogP contribution in [-0.4, -0.2) is 44.8 Å². The number of likely N-dealkylation sites (tertiary alicyclic amines) is 1. The summed E-state index contributed by atoms with van der Waals surface area (Å²) < 4.78 is 28.0. The van der Waals surface area contributed by atoms with Crippen LogP contribution in [0, 0.1) is 0 Å². The molecule has 3 aromatic rings. The van der Waals surface area contributed by atoms with Gasteiger partial charge in [-0.1, -0.05) is 41.9 Å². The number of hydrogen-bond donors (Lipinski definition) is 1. The predicted octanol–water partition coefficient (Wildman–Crippen LogP) is 4.39. The van der Waals surface area contributed by atoms with Crippen LogP contribution >= 0.6 is 11.6 Å². The summed E-state index contributed by atoms with van der Waals surface area (Å²) in [5.41, 5.74) is 2.29. The lowest BCUT2D eigenvalue weighted by Gasteiger charge is -2.31. The molecule has 1 saturated heterocycles. The molecule has 0 saturated carbocycles. The second-order valence-corrected chi connectivity index (χ2v) is 10.5. The molecule has 0 atom stereocenters. The Morgan fingerprint density at radius 2 is 1.62 bits per heavy atom. The minimum atomic E-state index is -3.98. The van der Waals surface area contributed by atoms with Crippen molar-refractivity contribution in [3.8, 4) is 11.1 Å². The molecule has 5 rings (SSSR count). The molecule has 0 spiro atoms. The van der Waals surface area contributed by atoms with E-state index in [1.165, 1.54) is 6.07 Å². The fourth-order valence-corrected chi connectivity index (χ4v) is 6.28. The fraction of sp³-hybridized carbons (Fsp3) is 0.200. The summed E-state index contributed by atoms with van der Waals surface area (Å²) in [4.78, 5) is 27.9. The normalized spacial score (nSPS) is 16.0. The van der Waals surface area contributed by atoms with Gasteiger partial charge in [0.25, 0.3) is 15.9 Å². The monoisotopic (exact) mass is 495 g/mol. The Balaban J connectivity index is 1.46. The van der Waals surface area contributed by atoms with E-state index in [2.05, 4.69) is 5.32 Å². The SMILES string of the molecule is O=C(CN1c2ccc(Cl)cc2-c2ccccc2S1(=O)=O)Nc1ccccc1C(=O)N1CCCC1. The second kappa shape index (κ2) is 8.77. The third-order valence-electron chi connectivity index (χ3n) is 6.08. The van der Waals surface area contributed by atoms with Crippen LogP contribution in [0.2, 0.25) is 5.02 Å². The lowest BCUT2D eigenvalue weighted by atomic mass is 10.0. The van der Waals surface area contributed by atoms with Crippen LogP contribution in [0.5, 0.6) is 0 Å². The minimum absolute atomic E-state index is 0.113. The first-order valence-corrected chi connectivity index (χ1v) is 12.8. The molecule has 2 amide bonds. The van der Waals surface area contributed by atoms with E-state index in [0.717, 1.165) is 17.1 Å². The van der Waals surface area contributed by atoms with Crippen LogP contribution < -0.4 is 9.62 Å². The summed E-state index contributed by atoms with van der Waals surface area (Å²) in [5.74, 6) is -0.696. The van der Waals surface area contributed by atoms with Crippen molar-refractivity contribution in [3.05, 3.63) is 77.3 Å². The molecule has 2 heterocycles. The summed E-state index contributed by atoms with van der Waals surface area (Å²) >= 11 is 6.19. The zero-order chi connectivity index (χ0) is 23.9. The lowest BCUT2D eigenvalue weighted by Crippen LogP contribution is -2.40. The molecule has 0 bridgehead atoms. The number of fused-ring (bicyclic) bond motifs is 3. The Morgan fingerprint density at radius 3 is 2.41 bits per heavy atom. The maximum atomic E-state index is 13.4. The highest BCUT2D eigenvalue weighted by Gasteiger charge is 2.36. The van der Waals surface area contributed by atoms with Gasteiger partial charge in [0.05, 0.1) is 21.8 Å². The number of benzene rings is 3. The van der Waals surface area contributed by atoms with E-state index >= 15 is 0 Å². The molecule has 0 unspecified atom stereocenters. The highest BCUT2D eigenvalue weighted by Crippen LogP contribution is 2.43. The Kier molecular flexibility index (Phi) is 5.79. The molecular weight excluding hydrogens is 474 g/mol. The van der Waals surface area contributed by atoms with Gasteiger partial charge in [0.1, 0.15) is 6.54 Å². The van der Waals surface area contributed by atoms with Gasteiger partial charge in [-0.25, -0.2) is 8.42 Å². The average Bonchev–Trinajstić information content (AvgIpc) is 3.37. The minimum Gasteiger partial charge on any atom is -0.339 e. The van der Waals surface area contributed by atoms with Crippen molar-refractivity contribution in [2.24, 2.45) is 0 Å². The molecule has 2 aliphatic heterocycles. The van der Waals surface area contributed by atoms with E-state index in [9.17, 15) is 18.0 Å². The molecular formula is C25H22ClN3O4S. The smallest absolute Gasteiger partial charge is 0.265 e. The van der Waals surface area contributed by atoms with Crippen LogP contribution in [0.3, 0.4) is 0 Å². The number of hydrogen-bond acceptors (Lipinski definition) is 4. The van der Waals surface area contributed by atoms with Crippen molar-refractivity contribution in [1.29, 1.82) is 0 Å². The average molecular weight is 496 g/mol. The molecule has 3 aromatic carbocycles. The Bertz CT molecular complexity index is 1400. The van der Waals surface area contributed by atoms with Crippen LogP contribution in [0.4, 0.5) is 11.4 Å². The van der Waals surface area contributed by atoms with Gasteiger partial charge in [0.15, 0.2) is 0 Å². The third-order valence-corrected chi connectivity index (χ3v) is 8.14. The van der Waals surface area contributed by atoms with Gasteiger partial charge in [0.2, 0.25) is 5.91 Å². The van der Waals surface area contributed by atoms with Gasteiger partial charge in [-0.05, 0) is 49.2 Å². The van der Waals surface area contributed by atoms with Crippen LogP contribution in [0.15, 0.2) is 71.6 Å². The van der Waals surface area contributed by atoms with Crippen LogP contribution in [0.1, 0.15) is 23.2 Å². The van der Waals surface area contributed by atoms with Crippen LogP contribution in [-0.2, 0) is 14.8 Å². The molecule has 0 radical (unpaired) electrons. The van der Waals surface area contributed by atoms with E-state index in [4.69, 9.17) is 11.6 Å². The van der Waals surface area contributed by atoms with Gasteiger partial charge < -0.3 is 10.2 Å². The third kappa shape index (κ3) is 3.93. The number of anilines is 2. The van der Waals surface area contributed by atoms with Crippen molar-refractivity contribution in [2.45, 2.75) is 17.7 Å². The molecule has 1 N–H and O–H groups in total. The summed E-state index contributed by atoms with van der Waals surface area (Å²) in [6.07, 6.45) is 1.91. The van der Waals surface area contributed by atoms with E-state index in [1.807, 2.05) is 0 Å². The zero-order valence-electron chi connectivity index (χ0n) is 18.2. The Morgan fingerprint density at radius 1 is 0.912 bits per heavy atom. The molecule has 2 aliphatic rings. The summed E-state index contributed by atoms with van der Waals surface area (Å²) in [5, 5.41) is 3.21. The van der Waals surface area contributed by atoms with Crippen molar-refractivity contribution in [2.75, 3.05) is 29.3 Å². The summed E-state index contributed by atoms with van der Waals surface area (Å²) in [7, 11) is -3.98. The van der Waals surface area contributed by atoms with Gasteiger partial charge >= 0.3 is 0 Å². The number of para-hydroxylation sites is 1. The van der Waals surface area contributed by atoms with Gasteiger partial charge in [0, 0.05) is 29.2 Å². The number of halogens is 1. The second-order valence-electron chi connectivity index (χ2n) is 8.26. The van der Waals surface area contributed by atoms with Gasteiger partial charge in [-0.15, -0.1) is 0 Å². The summed E-state index contributed by atoms with van der Waals surface area (Å²) in [6, 6.07) is 18.3. The quantitative estimate of drug-likeness (QED) is 0.581. The van der Waals surface area contributed by atoms with E-state index in [0.29, 0.717) is 46.2 Å². The standard InChI is InChI=1S/C25H22ClN3O4S/c26-17-11-12-22-20(15-17)18-7-2-4-10-23(18)34(32,33)29(22)16-24(30)27-21-9-3-1-8-19(21)25(31)28-13-5-6-14-28/h1-4,7-12,15H,5-6,13-14,16H2,(H,27,30). The lowest BCUT2D eigenvalue weighted by molar-refractivity contribution is -0.114. The molecule has 7 nitrogen and oxygen atoms in total. The topological polar surface area (TPSA) is 86.8 Å². The number of nitrogens with one attached hydrogen (secondary N) is 1. The number of nitrogens with zero attached hydrogens (tertiary/aromatic N) is 2. The molecule has 34 heavy (non-hydrogen) atoms. The van der Waals surface area contributed by atoms with Crippen molar-refractivity contribution < 1.29 is 18.0 Å². The number of amides is 2. The maximum Gasteiger partial charge on any atom is 0.265 e.